The van der Waals surface area contributed by atoms with Crippen molar-refractivity contribution >= 4 is 11.6 Å². The fraction of sp³-hybridized carbons (Fsp3) is 0.562. The first-order chi connectivity index (χ1) is 9.15. The summed E-state index contributed by atoms with van der Waals surface area (Å²) in [6, 6.07) is 8.50. The molecule has 1 aromatic carbocycles. The number of nitrogens with zero attached hydrogens (tertiary/aromatic N) is 2. The van der Waals surface area contributed by atoms with Crippen molar-refractivity contribution in [1.82, 2.24) is 0 Å². The van der Waals surface area contributed by atoms with Crippen molar-refractivity contribution in [3.63, 3.8) is 0 Å². The largest absolute Gasteiger partial charge is 0.369 e. The number of guanidine groups is 1. The Hall–Kier alpha value is -1.51. The zero-order valence-electron chi connectivity index (χ0n) is 11.9. The molecule has 0 aromatic heterocycles. The second-order valence-electron chi connectivity index (χ2n) is 6.05. The van der Waals surface area contributed by atoms with Crippen LogP contribution in [0.1, 0.15) is 38.2 Å². The maximum Gasteiger partial charge on any atom is 0.196 e. The lowest BCUT2D eigenvalue weighted by atomic mass is 9.72. The number of aliphatic imine (C=N–C) groups is 1. The molecule has 0 saturated heterocycles. The summed E-state index contributed by atoms with van der Waals surface area (Å²) in [5.74, 6) is 1.34. The van der Waals surface area contributed by atoms with Gasteiger partial charge in [0.05, 0.1) is 12.1 Å². The van der Waals surface area contributed by atoms with Crippen molar-refractivity contribution in [3.8, 4) is 0 Å². The lowest BCUT2D eigenvalue weighted by Gasteiger charge is -2.47. The summed E-state index contributed by atoms with van der Waals surface area (Å²) >= 11 is 0. The highest BCUT2D eigenvalue weighted by molar-refractivity contribution is 5.99. The molecule has 2 unspecified atom stereocenters. The van der Waals surface area contributed by atoms with Crippen LogP contribution in [0, 0.1) is 12.8 Å². The van der Waals surface area contributed by atoms with Crippen LogP contribution in [0.15, 0.2) is 29.3 Å². The Kier molecular flexibility index (Phi) is 3.00. The number of rotatable bonds is 1. The molecule has 1 spiro atoms. The molecule has 1 aromatic rings. The molecule has 1 aliphatic carbocycles. The molecule has 1 fully saturated rings. The van der Waals surface area contributed by atoms with Crippen molar-refractivity contribution in [2.24, 2.45) is 16.6 Å². The summed E-state index contributed by atoms with van der Waals surface area (Å²) < 4.78 is 0. The van der Waals surface area contributed by atoms with E-state index >= 15 is 0 Å². The highest BCUT2D eigenvalue weighted by Gasteiger charge is 2.48. The van der Waals surface area contributed by atoms with E-state index in [1.165, 1.54) is 36.9 Å². The Morgan fingerprint density at radius 1 is 1.32 bits per heavy atom. The van der Waals surface area contributed by atoms with E-state index in [1.54, 1.807) is 0 Å². The van der Waals surface area contributed by atoms with Gasteiger partial charge in [-0.05, 0) is 37.3 Å². The van der Waals surface area contributed by atoms with E-state index in [-0.39, 0.29) is 5.54 Å². The molecule has 1 heterocycles. The minimum Gasteiger partial charge on any atom is -0.369 e. The van der Waals surface area contributed by atoms with Crippen molar-refractivity contribution < 1.29 is 0 Å². The fourth-order valence-corrected chi connectivity index (χ4v) is 3.73. The average Bonchev–Trinajstić information content (AvgIpc) is 2.73. The van der Waals surface area contributed by atoms with Gasteiger partial charge >= 0.3 is 0 Å². The lowest BCUT2D eigenvalue weighted by Crippen LogP contribution is -2.57. The van der Waals surface area contributed by atoms with Crippen molar-refractivity contribution in [2.45, 2.75) is 45.1 Å². The van der Waals surface area contributed by atoms with E-state index in [9.17, 15) is 0 Å². The number of nitrogens with two attached hydrogens (primary N) is 1. The summed E-state index contributed by atoms with van der Waals surface area (Å²) in [7, 11) is 0. The smallest absolute Gasteiger partial charge is 0.196 e. The fourth-order valence-electron chi connectivity index (χ4n) is 3.73. The number of benzene rings is 1. The number of anilines is 1. The first kappa shape index (κ1) is 12.5. The first-order valence-electron chi connectivity index (χ1n) is 7.31. The number of para-hydroxylation sites is 1. The van der Waals surface area contributed by atoms with Crippen LogP contribution in [0.3, 0.4) is 0 Å². The van der Waals surface area contributed by atoms with Gasteiger partial charge in [-0.1, -0.05) is 38.0 Å². The predicted octanol–water partition coefficient (Wildman–Crippen LogP) is 3.08. The maximum absolute atomic E-state index is 6.22. The maximum atomic E-state index is 6.22. The van der Waals surface area contributed by atoms with Gasteiger partial charge < -0.3 is 10.6 Å². The van der Waals surface area contributed by atoms with Crippen LogP contribution < -0.4 is 10.6 Å². The number of hydrogen-bond acceptors (Lipinski definition) is 3. The standard InChI is InChI=1S/C16H23N3/c1-12-7-3-4-9-14(12)19-15(17)18-11-16(19)10-6-5-8-13(16)2/h3-4,7,9,13H,5-6,8,10-11H2,1-2H3,(H2,17,18). The van der Waals surface area contributed by atoms with E-state index < -0.39 is 0 Å². The third-order valence-electron chi connectivity index (χ3n) is 4.96. The highest BCUT2D eigenvalue weighted by atomic mass is 15.4. The molecule has 1 saturated carbocycles. The molecule has 3 heteroatoms. The van der Waals surface area contributed by atoms with Crippen molar-refractivity contribution in [2.75, 3.05) is 11.4 Å². The molecule has 3 nitrogen and oxygen atoms in total. The summed E-state index contributed by atoms with van der Waals surface area (Å²) in [5, 5.41) is 0. The second-order valence-corrected chi connectivity index (χ2v) is 6.05. The molecule has 1 aliphatic heterocycles. The van der Waals surface area contributed by atoms with Gasteiger partial charge in [-0.25, -0.2) is 0 Å². The predicted molar refractivity (Wildman–Crippen MR) is 80.5 cm³/mol. The average molecular weight is 257 g/mol. The lowest BCUT2D eigenvalue weighted by molar-refractivity contribution is 0.224. The summed E-state index contributed by atoms with van der Waals surface area (Å²) in [6.07, 6.45) is 5.11. The molecule has 3 rings (SSSR count). The molecule has 2 atom stereocenters. The van der Waals surface area contributed by atoms with Gasteiger partial charge in [0.15, 0.2) is 5.96 Å². The summed E-state index contributed by atoms with van der Waals surface area (Å²) in [6.45, 7) is 5.37. The van der Waals surface area contributed by atoms with Gasteiger partial charge in [0.2, 0.25) is 0 Å². The molecule has 19 heavy (non-hydrogen) atoms. The minimum atomic E-state index is 0.119. The molecule has 0 amide bonds. The topological polar surface area (TPSA) is 41.6 Å². The first-order valence-corrected chi connectivity index (χ1v) is 7.31. The Morgan fingerprint density at radius 3 is 2.84 bits per heavy atom. The number of hydrogen-bond donors (Lipinski definition) is 1. The monoisotopic (exact) mass is 257 g/mol. The van der Waals surface area contributed by atoms with E-state index in [0.717, 1.165) is 6.54 Å². The van der Waals surface area contributed by atoms with Crippen LogP contribution in [0.2, 0.25) is 0 Å². The van der Waals surface area contributed by atoms with E-state index in [4.69, 9.17) is 5.73 Å². The van der Waals surface area contributed by atoms with Gasteiger partial charge in [-0.15, -0.1) is 0 Å². The molecular formula is C16H23N3. The zero-order valence-corrected chi connectivity index (χ0v) is 11.9. The van der Waals surface area contributed by atoms with Gasteiger partial charge in [0, 0.05) is 5.69 Å². The van der Waals surface area contributed by atoms with Crippen LogP contribution in [-0.2, 0) is 0 Å². The van der Waals surface area contributed by atoms with E-state index in [2.05, 4.69) is 48.0 Å². The minimum absolute atomic E-state index is 0.119. The van der Waals surface area contributed by atoms with Crippen LogP contribution in [0.4, 0.5) is 5.69 Å². The molecule has 2 aliphatic rings. The Bertz CT molecular complexity index is 508. The molecule has 2 N–H and O–H groups in total. The second kappa shape index (κ2) is 4.55. The molecule has 102 valence electrons. The van der Waals surface area contributed by atoms with E-state index in [1.807, 2.05) is 0 Å². The Balaban J connectivity index is 2.06. The van der Waals surface area contributed by atoms with E-state index in [0.29, 0.717) is 11.9 Å². The summed E-state index contributed by atoms with van der Waals surface area (Å²) in [4.78, 5) is 6.91. The van der Waals surface area contributed by atoms with Crippen molar-refractivity contribution in [3.05, 3.63) is 29.8 Å². The third-order valence-corrected chi connectivity index (χ3v) is 4.96. The van der Waals surface area contributed by atoms with Gasteiger partial charge in [-0.3, -0.25) is 4.99 Å². The third kappa shape index (κ3) is 1.83. The Morgan fingerprint density at radius 2 is 2.11 bits per heavy atom. The quantitative estimate of drug-likeness (QED) is 0.840. The Labute approximate surface area is 115 Å². The highest BCUT2D eigenvalue weighted by Crippen LogP contribution is 2.44. The SMILES string of the molecule is Cc1ccccc1N1C(N)=NCC12CCCCC2C. The zero-order chi connectivity index (χ0) is 13.5. The van der Waals surface area contributed by atoms with Crippen LogP contribution in [0.25, 0.3) is 0 Å². The molecule has 0 bridgehead atoms. The molecule has 0 radical (unpaired) electrons. The van der Waals surface area contributed by atoms with Gasteiger partial charge in [0.1, 0.15) is 0 Å². The van der Waals surface area contributed by atoms with Crippen LogP contribution in [-0.4, -0.2) is 18.0 Å². The summed E-state index contributed by atoms with van der Waals surface area (Å²) in [5.41, 5.74) is 8.85. The molecular weight excluding hydrogens is 234 g/mol. The normalized spacial score (nSPS) is 30.7. The van der Waals surface area contributed by atoms with Crippen LogP contribution >= 0.6 is 0 Å². The number of aryl methyl sites for hydroxylation is 1. The van der Waals surface area contributed by atoms with Gasteiger partial charge in [-0.2, -0.15) is 0 Å². The van der Waals surface area contributed by atoms with Gasteiger partial charge in [0.25, 0.3) is 0 Å². The van der Waals surface area contributed by atoms with Crippen LogP contribution in [0.5, 0.6) is 0 Å². The van der Waals surface area contributed by atoms with Crippen molar-refractivity contribution in [1.29, 1.82) is 0 Å².